The summed E-state index contributed by atoms with van der Waals surface area (Å²) in [5, 5.41) is 3.29. The number of carbonyl (C=O) groups excluding carboxylic acids is 1. The van der Waals surface area contributed by atoms with Crippen molar-refractivity contribution in [2.24, 2.45) is 0 Å². The molecule has 0 radical (unpaired) electrons. The maximum absolute atomic E-state index is 12.8. The van der Waals surface area contributed by atoms with Crippen molar-refractivity contribution in [3.63, 3.8) is 0 Å². The van der Waals surface area contributed by atoms with Gasteiger partial charge < -0.3 is 5.32 Å². The van der Waals surface area contributed by atoms with Gasteiger partial charge in [-0.15, -0.1) is 6.58 Å². The monoisotopic (exact) mass is 334 g/mol. The van der Waals surface area contributed by atoms with E-state index in [1.54, 1.807) is 0 Å². The van der Waals surface area contributed by atoms with Crippen LogP contribution in [-0.4, -0.2) is 29.9 Å². The van der Waals surface area contributed by atoms with E-state index >= 15 is 0 Å². The number of hydrogen-bond donors (Lipinski definition) is 1. The molecule has 0 bridgehead atoms. The Bertz CT molecular complexity index is 684. The lowest BCUT2D eigenvalue weighted by Crippen LogP contribution is -2.48. The Balaban J connectivity index is 1.87. The van der Waals surface area contributed by atoms with Crippen molar-refractivity contribution in [2.45, 2.75) is 31.3 Å². The molecule has 1 N–H and O–H groups in total. The molecule has 1 fully saturated rings. The summed E-state index contributed by atoms with van der Waals surface area (Å²) in [6.07, 6.45) is 5.45. The maximum atomic E-state index is 12.8. The Labute approximate surface area is 150 Å². The molecule has 3 nitrogen and oxygen atoms in total. The first kappa shape index (κ1) is 17.4. The standard InChI is InChI=1S/C22H26N2O/c1-2-16-24-17-10-9-15-20(24)21(18-11-5-3-6-12-18)23-22(25)19-13-7-4-8-14-19/h2-8,11-14,20-21H,1,9-10,15-17H2,(H,23,25). The van der Waals surface area contributed by atoms with E-state index in [0.717, 1.165) is 25.1 Å². The van der Waals surface area contributed by atoms with E-state index in [4.69, 9.17) is 0 Å². The SMILES string of the molecule is C=CCN1CCCCC1C(NC(=O)c1ccccc1)c1ccccc1. The average Bonchev–Trinajstić information content (AvgIpc) is 2.68. The highest BCUT2D eigenvalue weighted by molar-refractivity contribution is 5.94. The van der Waals surface area contributed by atoms with Crippen molar-refractivity contribution >= 4 is 5.91 Å². The summed E-state index contributed by atoms with van der Waals surface area (Å²) >= 11 is 0. The largest absolute Gasteiger partial charge is 0.344 e. The molecule has 2 atom stereocenters. The summed E-state index contributed by atoms with van der Waals surface area (Å²) in [5.41, 5.74) is 1.86. The molecule has 1 amide bonds. The van der Waals surface area contributed by atoms with Gasteiger partial charge in [0, 0.05) is 18.2 Å². The zero-order valence-electron chi connectivity index (χ0n) is 14.6. The fourth-order valence-electron chi connectivity index (χ4n) is 3.66. The number of rotatable bonds is 6. The topological polar surface area (TPSA) is 32.3 Å². The molecule has 0 aromatic heterocycles. The molecule has 1 heterocycles. The smallest absolute Gasteiger partial charge is 0.251 e. The first-order chi connectivity index (χ1) is 12.3. The van der Waals surface area contributed by atoms with Crippen LogP contribution in [0.15, 0.2) is 73.3 Å². The molecule has 0 aliphatic carbocycles. The van der Waals surface area contributed by atoms with Crippen LogP contribution in [0.25, 0.3) is 0 Å². The summed E-state index contributed by atoms with van der Waals surface area (Å²) < 4.78 is 0. The average molecular weight is 334 g/mol. The molecule has 3 heteroatoms. The van der Waals surface area contributed by atoms with Crippen molar-refractivity contribution < 1.29 is 4.79 Å². The zero-order chi connectivity index (χ0) is 17.5. The molecular formula is C22H26N2O. The van der Waals surface area contributed by atoms with E-state index in [-0.39, 0.29) is 11.9 Å². The fraction of sp³-hybridized carbons (Fsp3) is 0.318. The summed E-state index contributed by atoms with van der Waals surface area (Å²) in [6.45, 7) is 5.81. The number of hydrogen-bond acceptors (Lipinski definition) is 2. The molecule has 1 saturated heterocycles. The lowest BCUT2D eigenvalue weighted by atomic mass is 9.90. The van der Waals surface area contributed by atoms with Crippen LogP contribution in [0.3, 0.4) is 0 Å². The Hall–Kier alpha value is -2.39. The third-order valence-corrected chi connectivity index (χ3v) is 4.89. The van der Waals surface area contributed by atoms with E-state index in [0.29, 0.717) is 11.6 Å². The summed E-state index contributed by atoms with van der Waals surface area (Å²) in [6, 6.07) is 20.0. The minimum absolute atomic E-state index is 0.0152. The highest BCUT2D eigenvalue weighted by Crippen LogP contribution is 2.29. The minimum Gasteiger partial charge on any atom is -0.344 e. The van der Waals surface area contributed by atoms with Gasteiger partial charge >= 0.3 is 0 Å². The highest BCUT2D eigenvalue weighted by atomic mass is 16.1. The fourth-order valence-corrected chi connectivity index (χ4v) is 3.66. The predicted octanol–water partition coefficient (Wildman–Crippen LogP) is 4.20. The van der Waals surface area contributed by atoms with Crippen LogP contribution < -0.4 is 5.32 Å². The van der Waals surface area contributed by atoms with Crippen molar-refractivity contribution in [1.29, 1.82) is 0 Å². The van der Waals surface area contributed by atoms with E-state index in [9.17, 15) is 4.79 Å². The molecule has 130 valence electrons. The van der Waals surface area contributed by atoms with E-state index in [1.807, 2.05) is 54.6 Å². The van der Waals surface area contributed by atoms with Crippen LogP contribution in [0.5, 0.6) is 0 Å². The van der Waals surface area contributed by atoms with Gasteiger partial charge in [0.1, 0.15) is 0 Å². The molecule has 2 unspecified atom stereocenters. The second-order valence-electron chi connectivity index (χ2n) is 6.57. The van der Waals surface area contributed by atoms with Crippen molar-refractivity contribution in [2.75, 3.05) is 13.1 Å². The molecule has 3 rings (SSSR count). The van der Waals surface area contributed by atoms with Crippen LogP contribution in [-0.2, 0) is 0 Å². The van der Waals surface area contributed by atoms with Crippen molar-refractivity contribution in [1.82, 2.24) is 10.2 Å². The Morgan fingerprint density at radius 2 is 1.80 bits per heavy atom. The van der Waals surface area contributed by atoms with E-state index in [2.05, 4.69) is 28.9 Å². The van der Waals surface area contributed by atoms with Crippen LogP contribution in [0.4, 0.5) is 0 Å². The molecule has 2 aromatic rings. The van der Waals surface area contributed by atoms with Gasteiger partial charge in [-0.2, -0.15) is 0 Å². The third-order valence-electron chi connectivity index (χ3n) is 4.89. The van der Waals surface area contributed by atoms with Crippen LogP contribution in [0, 0.1) is 0 Å². The van der Waals surface area contributed by atoms with Gasteiger partial charge in [-0.1, -0.05) is 61.0 Å². The summed E-state index contributed by atoms with van der Waals surface area (Å²) in [4.78, 5) is 15.2. The Morgan fingerprint density at radius 3 is 2.48 bits per heavy atom. The van der Waals surface area contributed by atoms with E-state index < -0.39 is 0 Å². The van der Waals surface area contributed by atoms with Gasteiger partial charge in [-0.3, -0.25) is 9.69 Å². The summed E-state index contributed by atoms with van der Waals surface area (Å²) in [7, 11) is 0. The van der Waals surface area contributed by atoms with Gasteiger partial charge in [-0.25, -0.2) is 0 Å². The Kier molecular flexibility index (Phi) is 6.02. The number of nitrogens with one attached hydrogen (secondary N) is 1. The maximum Gasteiger partial charge on any atom is 0.251 e. The Morgan fingerprint density at radius 1 is 1.12 bits per heavy atom. The van der Waals surface area contributed by atoms with Gasteiger partial charge in [-0.05, 0) is 37.1 Å². The highest BCUT2D eigenvalue weighted by Gasteiger charge is 2.31. The molecule has 25 heavy (non-hydrogen) atoms. The number of carbonyl (C=O) groups is 1. The lowest BCUT2D eigenvalue weighted by Gasteiger charge is -2.40. The molecule has 0 spiro atoms. The predicted molar refractivity (Wildman–Crippen MR) is 103 cm³/mol. The number of piperidine rings is 1. The quantitative estimate of drug-likeness (QED) is 0.803. The number of nitrogens with zero attached hydrogens (tertiary/aromatic N) is 1. The van der Waals surface area contributed by atoms with Crippen LogP contribution >= 0.6 is 0 Å². The first-order valence-electron chi connectivity index (χ1n) is 9.05. The molecule has 1 aliphatic rings. The van der Waals surface area contributed by atoms with Gasteiger partial charge in [0.2, 0.25) is 0 Å². The van der Waals surface area contributed by atoms with E-state index in [1.165, 1.54) is 12.8 Å². The molecular weight excluding hydrogens is 308 g/mol. The van der Waals surface area contributed by atoms with Crippen molar-refractivity contribution in [3.05, 3.63) is 84.4 Å². The number of likely N-dealkylation sites (tertiary alicyclic amines) is 1. The van der Waals surface area contributed by atoms with Crippen molar-refractivity contribution in [3.8, 4) is 0 Å². The minimum atomic E-state index is -0.0193. The number of amides is 1. The van der Waals surface area contributed by atoms with Gasteiger partial charge in [0.05, 0.1) is 6.04 Å². The lowest BCUT2D eigenvalue weighted by molar-refractivity contribution is 0.0850. The normalized spacial score (nSPS) is 19.1. The van der Waals surface area contributed by atoms with Gasteiger partial charge in [0.15, 0.2) is 0 Å². The number of benzene rings is 2. The van der Waals surface area contributed by atoms with Crippen LogP contribution in [0.1, 0.15) is 41.2 Å². The zero-order valence-corrected chi connectivity index (χ0v) is 14.6. The first-order valence-corrected chi connectivity index (χ1v) is 9.05. The third kappa shape index (κ3) is 4.37. The molecule has 0 saturated carbocycles. The van der Waals surface area contributed by atoms with Crippen LogP contribution in [0.2, 0.25) is 0 Å². The molecule has 1 aliphatic heterocycles. The summed E-state index contributed by atoms with van der Waals surface area (Å²) in [5.74, 6) is -0.0152. The second-order valence-corrected chi connectivity index (χ2v) is 6.57. The second kappa shape index (κ2) is 8.63. The van der Waals surface area contributed by atoms with Gasteiger partial charge in [0.25, 0.3) is 5.91 Å². The molecule has 2 aromatic carbocycles.